The van der Waals surface area contributed by atoms with Gasteiger partial charge in [0.2, 0.25) is 0 Å². The van der Waals surface area contributed by atoms with Gasteiger partial charge in [-0.25, -0.2) is 9.59 Å². The maximum Gasteiger partial charge on any atom is 0.341 e. The van der Waals surface area contributed by atoms with E-state index in [1.54, 1.807) is 13.0 Å². The van der Waals surface area contributed by atoms with E-state index in [4.69, 9.17) is 18.9 Å². The SMILES string of the molecule is COC(=O)c1c(C)cc(CC(C)(C)C2(C)COCO2)c(C(=O)OC)c1O. The molecule has 1 unspecified atom stereocenters. The van der Waals surface area contributed by atoms with E-state index in [2.05, 4.69) is 0 Å². The van der Waals surface area contributed by atoms with Crippen molar-refractivity contribution in [2.45, 2.75) is 39.7 Å². The number of esters is 2. The van der Waals surface area contributed by atoms with Gasteiger partial charge in [0.25, 0.3) is 0 Å². The van der Waals surface area contributed by atoms with Crippen molar-refractivity contribution in [2.75, 3.05) is 27.6 Å². The van der Waals surface area contributed by atoms with Crippen LogP contribution >= 0.6 is 0 Å². The molecular formula is C19H26O7. The quantitative estimate of drug-likeness (QED) is 0.801. The van der Waals surface area contributed by atoms with Gasteiger partial charge in [-0.3, -0.25) is 0 Å². The zero-order valence-corrected chi connectivity index (χ0v) is 16.1. The largest absolute Gasteiger partial charge is 0.506 e. The lowest BCUT2D eigenvalue weighted by Crippen LogP contribution is -2.45. The molecule has 0 bridgehead atoms. The van der Waals surface area contributed by atoms with Crippen molar-refractivity contribution in [3.63, 3.8) is 0 Å². The molecule has 0 amide bonds. The van der Waals surface area contributed by atoms with E-state index in [9.17, 15) is 14.7 Å². The predicted octanol–water partition coefficient (Wildman–Crippen LogP) is 2.61. The number of methoxy groups -OCH3 is 2. The first-order valence-electron chi connectivity index (χ1n) is 8.31. The van der Waals surface area contributed by atoms with Gasteiger partial charge >= 0.3 is 11.9 Å². The maximum atomic E-state index is 12.3. The van der Waals surface area contributed by atoms with Gasteiger partial charge in [-0.2, -0.15) is 0 Å². The Balaban J connectivity index is 2.57. The van der Waals surface area contributed by atoms with Crippen LogP contribution in [0, 0.1) is 12.3 Å². The Morgan fingerprint density at radius 1 is 1.23 bits per heavy atom. The van der Waals surface area contributed by atoms with Gasteiger partial charge in [0.15, 0.2) is 0 Å². The highest BCUT2D eigenvalue weighted by atomic mass is 16.7. The van der Waals surface area contributed by atoms with E-state index in [-0.39, 0.29) is 17.9 Å². The predicted molar refractivity (Wildman–Crippen MR) is 93.3 cm³/mol. The second-order valence-electron chi connectivity index (χ2n) is 7.34. The number of phenols is 1. The summed E-state index contributed by atoms with van der Waals surface area (Å²) in [4.78, 5) is 24.3. The fourth-order valence-corrected chi connectivity index (χ4v) is 3.20. The van der Waals surface area contributed by atoms with E-state index < -0.39 is 28.7 Å². The molecule has 26 heavy (non-hydrogen) atoms. The Bertz CT molecular complexity index is 715. The number of carbonyl (C=O) groups excluding carboxylic acids is 2. The van der Waals surface area contributed by atoms with Gasteiger partial charge in [0, 0.05) is 0 Å². The van der Waals surface area contributed by atoms with Gasteiger partial charge < -0.3 is 24.1 Å². The van der Waals surface area contributed by atoms with Crippen LogP contribution in [-0.4, -0.2) is 50.3 Å². The molecule has 1 aromatic rings. The number of hydrogen-bond donors (Lipinski definition) is 1. The Labute approximate surface area is 153 Å². The zero-order valence-electron chi connectivity index (χ0n) is 16.1. The molecule has 0 aromatic heterocycles. The summed E-state index contributed by atoms with van der Waals surface area (Å²) in [6, 6.07) is 1.71. The van der Waals surface area contributed by atoms with Crippen LogP contribution in [0.1, 0.15) is 52.6 Å². The number of rotatable bonds is 5. The highest BCUT2D eigenvalue weighted by Gasteiger charge is 2.46. The molecule has 1 N–H and O–H groups in total. The van der Waals surface area contributed by atoms with E-state index in [1.165, 1.54) is 14.2 Å². The summed E-state index contributed by atoms with van der Waals surface area (Å²) in [7, 11) is 2.44. The molecule has 0 saturated carbocycles. The first kappa shape index (κ1) is 20.2. The van der Waals surface area contributed by atoms with E-state index in [1.807, 2.05) is 20.8 Å². The smallest absolute Gasteiger partial charge is 0.341 e. The first-order chi connectivity index (χ1) is 12.1. The van der Waals surface area contributed by atoms with Crippen molar-refractivity contribution in [3.05, 3.63) is 28.3 Å². The van der Waals surface area contributed by atoms with Gasteiger partial charge in [-0.15, -0.1) is 0 Å². The number of benzene rings is 1. The molecule has 1 saturated heterocycles. The van der Waals surface area contributed by atoms with Crippen LogP contribution in [0.2, 0.25) is 0 Å². The minimum atomic E-state index is -0.716. The molecule has 0 aliphatic carbocycles. The minimum Gasteiger partial charge on any atom is -0.506 e. The molecule has 1 aromatic carbocycles. The number of aromatic hydroxyl groups is 1. The molecule has 0 radical (unpaired) electrons. The molecule has 1 aliphatic heterocycles. The second-order valence-corrected chi connectivity index (χ2v) is 7.34. The van der Waals surface area contributed by atoms with Crippen molar-refractivity contribution < 1.29 is 33.6 Å². The van der Waals surface area contributed by atoms with Crippen LogP contribution < -0.4 is 0 Å². The van der Waals surface area contributed by atoms with Crippen LogP contribution in [0.5, 0.6) is 5.75 Å². The van der Waals surface area contributed by atoms with Gasteiger partial charge in [0.05, 0.1) is 26.4 Å². The third-order valence-electron chi connectivity index (χ3n) is 5.26. The van der Waals surface area contributed by atoms with Crippen molar-refractivity contribution in [1.82, 2.24) is 0 Å². The van der Waals surface area contributed by atoms with Gasteiger partial charge in [-0.05, 0) is 36.8 Å². The summed E-state index contributed by atoms with van der Waals surface area (Å²) in [6.07, 6.45) is 0.410. The molecule has 0 spiro atoms. The lowest BCUT2D eigenvalue weighted by Gasteiger charge is -2.39. The maximum absolute atomic E-state index is 12.3. The Morgan fingerprint density at radius 2 is 1.81 bits per heavy atom. The van der Waals surface area contributed by atoms with E-state index >= 15 is 0 Å². The second kappa shape index (κ2) is 7.25. The fraction of sp³-hybridized carbons (Fsp3) is 0.579. The van der Waals surface area contributed by atoms with E-state index in [0.717, 1.165) is 0 Å². The third-order valence-corrected chi connectivity index (χ3v) is 5.26. The van der Waals surface area contributed by atoms with Crippen LogP contribution in [-0.2, 0) is 25.4 Å². The molecule has 1 heterocycles. The van der Waals surface area contributed by atoms with Crippen molar-refractivity contribution in [2.24, 2.45) is 5.41 Å². The Kier molecular flexibility index (Phi) is 5.63. The summed E-state index contributed by atoms with van der Waals surface area (Å²) in [5.74, 6) is -1.86. The third kappa shape index (κ3) is 3.41. The fourth-order valence-electron chi connectivity index (χ4n) is 3.20. The van der Waals surface area contributed by atoms with Gasteiger partial charge in [0.1, 0.15) is 23.7 Å². The lowest BCUT2D eigenvalue weighted by molar-refractivity contribution is -0.0688. The molecule has 144 valence electrons. The standard InChI is InChI=1S/C19H26O7/c1-11-7-12(8-18(2,3)19(4)9-25-10-26-19)14(17(22)24-6)15(20)13(11)16(21)23-5/h7,20H,8-10H2,1-6H3. The summed E-state index contributed by atoms with van der Waals surface area (Å²) in [5.41, 5.74) is 0.0426. The molecule has 7 nitrogen and oxygen atoms in total. The molecule has 1 aliphatic rings. The lowest BCUT2D eigenvalue weighted by atomic mass is 9.71. The number of ether oxygens (including phenoxy) is 4. The number of phenolic OH excluding ortho intramolecular Hbond substituents is 1. The van der Waals surface area contributed by atoms with Crippen LogP contribution in [0.4, 0.5) is 0 Å². The number of hydrogen-bond acceptors (Lipinski definition) is 7. The zero-order chi connectivity index (χ0) is 19.7. The van der Waals surface area contributed by atoms with Crippen LogP contribution in [0.25, 0.3) is 0 Å². The highest BCUT2D eigenvalue weighted by molar-refractivity contribution is 6.02. The van der Waals surface area contributed by atoms with Crippen LogP contribution in [0.3, 0.4) is 0 Å². The molecule has 1 fully saturated rings. The highest BCUT2D eigenvalue weighted by Crippen LogP contribution is 2.42. The molecule has 1 atom stereocenters. The Morgan fingerprint density at radius 3 is 2.31 bits per heavy atom. The summed E-state index contributed by atoms with van der Waals surface area (Å²) < 4.78 is 20.7. The number of carbonyl (C=O) groups is 2. The van der Waals surface area contributed by atoms with Crippen molar-refractivity contribution in [1.29, 1.82) is 0 Å². The van der Waals surface area contributed by atoms with Crippen molar-refractivity contribution >= 4 is 11.9 Å². The normalized spacial score (nSPS) is 20.1. The monoisotopic (exact) mass is 366 g/mol. The minimum absolute atomic E-state index is 0.0332. The average molecular weight is 366 g/mol. The molecular weight excluding hydrogens is 340 g/mol. The Hall–Kier alpha value is -2.12. The number of aryl methyl sites for hydroxylation is 1. The van der Waals surface area contributed by atoms with E-state index in [0.29, 0.717) is 24.2 Å². The van der Waals surface area contributed by atoms with Crippen molar-refractivity contribution in [3.8, 4) is 5.75 Å². The molecule has 7 heteroatoms. The molecule has 2 rings (SSSR count). The first-order valence-corrected chi connectivity index (χ1v) is 8.31. The topological polar surface area (TPSA) is 91.3 Å². The summed E-state index contributed by atoms with van der Waals surface area (Å²) >= 11 is 0. The summed E-state index contributed by atoms with van der Waals surface area (Å²) in [5, 5.41) is 10.6. The average Bonchev–Trinajstić information content (AvgIpc) is 3.02. The van der Waals surface area contributed by atoms with Crippen LogP contribution in [0.15, 0.2) is 6.07 Å². The summed E-state index contributed by atoms with van der Waals surface area (Å²) in [6.45, 7) is 8.29. The van der Waals surface area contributed by atoms with Gasteiger partial charge in [-0.1, -0.05) is 19.9 Å².